The van der Waals surface area contributed by atoms with Crippen LogP contribution in [0.2, 0.25) is 0 Å². The molecule has 0 unspecified atom stereocenters. The van der Waals surface area contributed by atoms with E-state index in [1.165, 1.54) is 13.0 Å². The van der Waals surface area contributed by atoms with Gasteiger partial charge in [-0.2, -0.15) is 0 Å². The highest BCUT2D eigenvalue weighted by atomic mass is 19.4. The fourth-order valence-corrected chi connectivity index (χ4v) is 1.91. The molecule has 1 N–H and O–H groups in total. The lowest BCUT2D eigenvalue weighted by atomic mass is 10.1. The number of halogens is 3. The molecule has 2 aromatic carbocycles. The maximum absolute atomic E-state index is 12.2. The van der Waals surface area contributed by atoms with Crippen molar-refractivity contribution in [2.45, 2.75) is 20.2 Å². The number of carbonyl (C=O) groups is 1. The minimum Gasteiger partial charge on any atom is -0.406 e. The zero-order chi connectivity index (χ0) is 16.3. The topological polar surface area (TPSA) is 38.3 Å². The highest BCUT2D eigenvalue weighted by Crippen LogP contribution is 2.29. The molecule has 22 heavy (non-hydrogen) atoms. The third-order valence-electron chi connectivity index (χ3n) is 2.93. The first-order valence-corrected chi connectivity index (χ1v) is 6.49. The van der Waals surface area contributed by atoms with Crippen molar-refractivity contribution in [2.24, 2.45) is 0 Å². The van der Waals surface area contributed by atoms with E-state index in [1.807, 2.05) is 31.2 Å². The van der Waals surface area contributed by atoms with Crippen LogP contribution in [0.4, 0.5) is 24.5 Å². The standard InChI is InChI=1S/C16H14F3NO2/c1-10-3-5-12(6-4-10)20-15-8-7-13(22-16(17,18)19)9-14(15)11(2)21/h3-9,20H,1-2H3. The Kier molecular flexibility index (Phi) is 4.40. The Morgan fingerprint density at radius 3 is 2.27 bits per heavy atom. The van der Waals surface area contributed by atoms with Crippen LogP contribution in [0.1, 0.15) is 22.8 Å². The quantitative estimate of drug-likeness (QED) is 0.821. The van der Waals surface area contributed by atoms with Gasteiger partial charge in [-0.15, -0.1) is 13.2 Å². The van der Waals surface area contributed by atoms with E-state index in [9.17, 15) is 18.0 Å². The van der Waals surface area contributed by atoms with E-state index in [0.29, 0.717) is 5.69 Å². The summed E-state index contributed by atoms with van der Waals surface area (Å²) in [5, 5.41) is 3.01. The molecule has 0 saturated heterocycles. The third kappa shape index (κ3) is 4.25. The van der Waals surface area contributed by atoms with Gasteiger partial charge in [0.15, 0.2) is 5.78 Å². The molecule has 0 spiro atoms. The van der Waals surface area contributed by atoms with E-state index in [4.69, 9.17) is 0 Å². The summed E-state index contributed by atoms with van der Waals surface area (Å²) in [5.74, 6) is -0.783. The molecule has 0 aliphatic rings. The highest BCUT2D eigenvalue weighted by molar-refractivity contribution is 6.00. The predicted octanol–water partition coefficient (Wildman–Crippen LogP) is 4.84. The van der Waals surface area contributed by atoms with Gasteiger partial charge in [-0.1, -0.05) is 17.7 Å². The summed E-state index contributed by atoms with van der Waals surface area (Å²) in [6.07, 6.45) is -4.79. The van der Waals surface area contributed by atoms with Crippen LogP contribution in [0.5, 0.6) is 5.75 Å². The molecule has 3 nitrogen and oxygen atoms in total. The molecule has 0 heterocycles. The van der Waals surface area contributed by atoms with Gasteiger partial charge in [-0.25, -0.2) is 0 Å². The maximum atomic E-state index is 12.2. The number of ether oxygens (including phenoxy) is 1. The lowest BCUT2D eigenvalue weighted by Gasteiger charge is -2.14. The summed E-state index contributed by atoms with van der Waals surface area (Å²) in [5.41, 5.74) is 2.36. The molecule has 0 bridgehead atoms. The SMILES string of the molecule is CC(=O)c1cc(OC(F)(F)F)ccc1Nc1ccc(C)cc1. The van der Waals surface area contributed by atoms with E-state index >= 15 is 0 Å². The Morgan fingerprint density at radius 1 is 1.09 bits per heavy atom. The van der Waals surface area contributed by atoms with Gasteiger partial charge in [-0.3, -0.25) is 4.79 Å². The van der Waals surface area contributed by atoms with E-state index in [0.717, 1.165) is 23.4 Å². The molecule has 0 fully saturated rings. The Bertz CT molecular complexity index is 679. The molecule has 0 aromatic heterocycles. The zero-order valence-electron chi connectivity index (χ0n) is 12.0. The number of rotatable bonds is 4. The number of aryl methyl sites for hydroxylation is 1. The molecule has 0 saturated carbocycles. The molecule has 116 valence electrons. The van der Waals surface area contributed by atoms with Crippen LogP contribution in [-0.4, -0.2) is 12.1 Å². The van der Waals surface area contributed by atoms with Gasteiger partial charge in [0.2, 0.25) is 0 Å². The van der Waals surface area contributed by atoms with Crippen LogP contribution >= 0.6 is 0 Å². The summed E-state index contributed by atoms with van der Waals surface area (Å²) in [7, 11) is 0. The van der Waals surface area contributed by atoms with E-state index in [1.54, 1.807) is 0 Å². The lowest BCUT2D eigenvalue weighted by Crippen LogP contribution is -2.17. The fourth-order valence-electron chi connectivity index (χ4n) is 1.91. The normalized spacial score (nSPS) is 11.1. The van der Waals surface area contributed by atoms with Gasteiger partial charge < -0.3 is 10.1 Å². The summed E-state index contributed by atoms with van der Waals surface area (Å²) in [6.45, 7) is 3.22. The van der Waals surface area contributed by atoms with Crippen LogP contribution in [0.3, 0.4) is 0 Å². The van der Waals surface area contributed by atoms with E-state index in [2.05, 4.69) is 10.1 Å². The van der Waals surface area contributed by atoms with Gasteiger partial charge in [0.05, 0.1) is 0 Å². The average molecular weight is 309 g/mol. The first kappa shape index (κ1) is 15.9. The van der Waals surface area contributed by atoms with Gasteiger partial charge in [-0.05, 0) is 44.2 Å². The summed E-state index contributed by atoms with van der Waals surface area (Å²) >= 11 is 0. The monoisotopic (exact) mass is 309 g/mol. The van der Waals surface area contributed by atoms with E-state index in [-0.39, 0.29) is 11.3 Å². The van der Waals surface area contributed by atoms with Gasteiger partial charge in [0.25, 0.3) is 0 Å². The largest absolute Gasteiger partial charge is 0.573 e. The lowest BCUT2D eigenvalue weighted by molar-refractivity contribution is -0.274. The van der Waals surface area contributed by atoms with Crippen molar-refractivity contribution in [3.63, 3.8) is 0 Å². The second-order valence-corrected chi connectivity index (χ2v) is 4.80. The first-order valence-electron chi connectivity index (χ1n) is 6.49. The first-order chi connectivity index (χ1) is 10.2. The van der Waals surface area contributed by atoms with Crippen molar-refractivity contribution < 1.29 is 22.7 Å². The van der Waals surface area contributed by atoms with Crippen molar-refractivity contribution >= 4 is 17.2 Å². The van der Waals surface area contributed by atoms with Crippen molar-refractivity contribution in [3.05, 3.63) is 53.6 Å². The maximum Gasteiger partial charge on any atom is 0.573 e. The zero-order valence-corrected chi connectivity index (χ0v) is 12.0. The van der Waals surface area contributed by atoms with Crippen LogP contribution in [0, 0.1) is 6.92 Å². The van der Waals surface area contributed by atoms with Crippen molar-refractivity contribution in [2.75, 3.05) is 5.32 Å². The van der Waals surface area contributed by atoms with Crippen molar-refractivity contribution in [1.29, 1.82) is 0 Å². The number of ketones is 1. The smallest absolute Gasteiger partial charge is 0.406 e. The van der Waals surface area contributed by atoms with Crippen LogP contribution in [0.25, 0.3) is 0 Å². The summed E-state index contributed by atoms with van der Waals surface area (Å²) in [6, 6.07) is 11.0. The molecule has 6 heteroatoms. The number of hydrogen-bond donors (Lipinski definition) is 1. The third-order valence-corrected chi connectivity index (χ3v) is 2.93. The second-order valence-electron chi connectivity index (χ2n) is 4.80. The molecular formula is C16H14F3NO2. The van der Waals surface area contributed by atoms with Crippen LogP contribution in [-0.2, 0) is 0 Å². The molecule has 0 aliphatic heterocycles. The molecule has 0 atom stereocenters. The van der Waals surface area contributed by atoms with Crippen LogP contribution in [0.15, 0.2) is 42.5 Å². The van der Waals surface area contributed by atoms with Gasteiger partial charge in [0.1, 0.15) is 5.75 Å². The Morgan fingerprint density at radius 2 is 1.73 bits per heavy atom. The number of anilines is 2. The molecule has 0 radical (unpaired) electrons. The Hall–Kier alpha value is -2.50. The molecular weight excluding hydrogens is 295 g/mol. The van der Waals surface area contributed by atoms with E-state index < -0.39 is 12.1 Å². The van der Waals surface area contributed by atoms with Crippen molar-refractivity contribution in [1.82, 2.24) is 0 Å². The number of hydrogen-bond acceptors (Lipinski definition) is 3. The second kappa shape index (κ2) is 6.09. The Balaban J connectivity index is 2.31. The van der Waals surface area contributed by atoms with Crippen molar-refractivity contribution in [3.8, 4) is 5.75 Å². The number of Topliss-reactive ketones (excluding diaryl/α,β-unsaturated/α-hetero) is 1. The predicted molar refractivity (Wildman–Crippen MR) is 77.6 cm³/mol. The highest BCUT2D eigenvalue weighted by Gasteiger charge is 2.31. The summed E-state index contributed by atoms with van der Waals surface area (Å²) in [4.78, 5) is 11.7. The Labute approximate surface area is 125 Å². The number of nitrogens with one attached hydrogen (secondary N) is 1. The number of benzene rings is 2. The van der Waals surface area contributed by atoms with Crippen LogP contribution < -0.4 is 10.1 Å². The average Bonchev–Trinajstić information content (AvgIpc) is 2.41. The number of alkyl halides is 3. The molecule has 0 amide bonds. The fraction of sp³-hybridized carbons (Fsp3) is 0.188. The minimum atomic E-state index is -4.79. The molecule has 0 aliphatic carbocycles. The van der Waals surface area contributed by atoms with Gasteiger partial charge in [0, 0.05) is 16.9 Å². The van der Waals surface area contributed by atoms with Gasteiger partial charge >= 0.3 is 6.36 Å². The molecule has 2 aromatic rings. The summed E-state index contributed by atoms with van der Waals surface area (Å²) < 4.78 is 40.5. The number of carbonyl (C=O) groups excluding carboxylic acids is 1. The minimum absolute atomic E-state index is 0.127. The molecule has 2 rings (SSSR count).